The molecule has 0 saturated carbocycles. The van der Waals surface area contributed by atoms with Gasteiger partial charge in [-0.3, -0.25) is 4.79 Å². The second-order valence-electron chi connectivity index (χ2n) is 3.04. The Hall–Kier alpha value is -0.820. The molecule has 5 heteroatoms. The summed E-state index contributed by atoms with van der Waals surface area (Å²) < 4.78 is 1.12. The van der Waals surface area contributed by atoms with Crippen LogP contribution in [-0.2, 0) is 6.54 Å². The maximum absolute atomic E-state index is 11.6. The molecule has 0 fully saturated rings. The predicted octanol–water partition coefficient (Wildman–Crippen LogP) is 2.61. The minimum atomic E-state index is -0.0182. The molecule has 0 aliphatic rings. The number of carbonyl (C=O) groups excluding carboxylic acids is 1. The van der Waals surface area contributed by atoms with Gasteiger partial charge in [-0.2, -0.15) is 0 Å². The molecule has 0 radical (unpaired) electrons. The number of H-pyrrole nitrogens is 1. The molecule has 0 unspecified atom stereocenters. The van der Waals surface area contributed by atoms with Crippen molar-refractivity contribution in [2.45, 2.75) is 6.54 Å². The average Bonchev–Trinajstić information content (AvgIpc) is 2.84. The van der Waals surface area contributed by atoms with Crippen LogP contribution in [0.4, 0.5) is 0 Å². The standard InChI is InChI=1S/C10H9IN2OS/c11-9-3-8(6-15-9)10(14)13-5-7-1-2-12-4-7/h1-4,6,12H,5H2,(H,13,14). The van der Waals surface area contributed by atoms with E-state index in [1.165, 1.54) is 0 Å². The Kier molecular flexibility index (Phi) is 3.42. The third kappa shape index (κ3) is 2.82. The Balaban J connectivity index is 1.93. The number of aromatic amines is 1. The van der Waals surface area contributed by atoms with E-state index in [0.717, 1.165) is 14.0 Å². The summed E-state index contributed by atoms with van der Waals surface area (Å²) in [5, 5.41) is 4.73. The fraction of sp³-hybridized carbons (Fsp3) is 0.100. The quantitative estimate of drug-likeness (QED) is 0.834. The molecule has 0 spiro atoms. The lowest BCUT2D eigenvalue weighted by atomic mass is 10.3. The first-order valence-corrected chi connectivity index (χ1v) is 6.35. The lowest BCUT2D eigenvalue weighted by Crippen LogP contribution is -2.21. The van der Waals surface area contributed by atoms with Crippen molar-refractivity contribution in [1.29, 1.82) is 0 Å². The second kappa shape index (κ2) is 4.80. The van der Waals surface area contributed by atoms with Gasteiger partial charge >= 0.3 is 0 Å². The summed E-state index contributed by atoms with van der Waals surface area (Å²) in [4.78, 5) is 14.6. The highest BCUT2D eigenvalue weighted by atomic mass is 127. The van der Waals surface area contributed by atoms with Crippen molar-refractivity contribution in [2.75, 3.05) is 0 Å². The normalized spacial score (nSPS) is 10.2. The van der Waals surface area contributed by atoms with Crippen LogP contribution in [0, 0.1) is 2.88 Å². The molecule has 2 N–H and O–H groups in total. The van der Waals surface area contributed by atoms with E-state index in [0.29, 0.717) is 6.54 Å². The van der Waals surface area contributed by atoms with E-state index in [4.69, 9.17) is 0 Å². The van der Waals surface area contributed by atoms with Crippen molar-refractivity contribution in [1.82, 2.24) is 10.3 Å². The first-order chi connectivity index (χ1) is 7.25. The maximum Gasteiger partial charge on any atom is 0.252 e. The van der Waals surface area contributed by atoms with Crippen LogP contribution in [0.5, 0.6) is 0 Å². The Morgan fingerprint density at radius 1 is 1.60 bits per heavy atom. The van der Waals surface area contributed by atoms with Gasteiger partial charge in [0.2, 0.25) is 0 Å². The maximum atomic E-state index is 11.6. The van der Waals surface area contributed by atoms with Gasteiger partial charge in [-0.25, -0.2) is 0 Å². The topological polar surface area (TPSA) is 44.9 Å². The molecule has 1 amide bonds. The van der Waals surface area contributed by atoms with Crippen LogP contribution in [0.1, 0.15) is 15.9 Å². The lowest BCUT2D eigenvalue weighted by molar-refractivity contribution is 0.0951. The van der Waals surface area contributed by atoms with E-state index in [2.05, 4.69) is 32.9 Å². The van der Waals surface area contributed by atoms with E-state index in [9.17, 15) is 4.79 Å². The monoisotopic (exact) mass is 332 g/mol. The third-order valence-electron chi connectivity index (χ3n) is 1.95. The number of thiophene rings is 1. The van der Waals surface area contributed by atoms with Gasteiger partial charge < -0.3 is 10.3 Å². The number of carbonyl (C=O) groups is 1. The van der Waals surface area contributed by atoms with Crippen molar-refractivity contribution >= 4 is 39.8 Å². The van der Waals surface area contributed by atoms with Crippen LogP contribution in [0.2, 0.25) is 0 Å². The van der Waals surface area contributed by atoms with Crippen LogP contribution in [-0.4, -0.2) is 10.9 Å². The van der Waals surface area contributed by atoms with Crippen LogP contribution in [0.25, 0.3) is 0 Å². The molecule has 2 heterocycles. The molecule has 2 aromatic rings. The first kappa shape index (κ1) is 10.7. The molecular formula is C10H9IN2OS. The fourth-order valence-electron chi connectivity index (χ4n) is 1.18. The molecule has 2 aromatic heterocycles. The number of halogens is 1. The number of hydrogen-bond donors (Lipinski definition) is 2. The number of aromatic nitrogens is 1. The third-order valence-corrected chi connectivity index (χ3v) is 3.73. The number of nitrogens with one attached hydrogen (secondary N) is 2. The van der Waals surface area contributed by atoms with Gasteiger partial charge in [-0.1, -0.05) is 0 Å². The summed E-state index contributed by atoms with van der Waals surface area (Å²) in [6.07, 6.45) is 3.71. The van der Waals surface area contributed by atoms with Gasteiger partial charge in [0.1, 0.15) is 0 Å². The van der Waals surface area contributed by atoms with Gasteiger partial charge in [0.15, 0.2) is 0 Å². The molecule has 0 aromatic carbocycles. The molecule has 78 valence electrons. The summed E-state index contributed by atoms with van der Waals surface area (Å²) in [7, 11) is 0. The van der Waals surface area contributed by atoms with Gasteiger partial charge in [0.05, 0.1) is 8.45 Å². The van der Waals surface area contributed by atoms with Gasteiger partial charge in [0.25, 0.3) is 5.91 Å². The largest absolute Gasteiger partial charge is 0.367 e. The molecule has 0 aliphatic heterocycles. The summed E-state index contributed by atoms with van der Waals surface area (Å²) in [5.74, 6) is -0.0182. The predicted molar refractivity (Wildman–Crippen MR) is 69.0 cm³/mol. The average molecular weight is 332 g/mol. The van der Waals surface area contributed by atoms with E-state index in [1.807, 2.05) is 29.9 Å². The minimum absolute atomic E-state index is 0.0182. The molecular weight excluding hydrogens is 323 g/mol. The van der Waals surface area contributed by atoms with Gasteiger partial charge in [0, 0.05) is 24.3 Å². The number of hydrogen-bond acceptors (Lipinski definition) is 2. The van der Waals surface area contributed by atoms with Crippen molar-refractivity contribution in [3.05, 3.63) is 43.9 Å². The van der Waals surface area contributed by atoms with Crippen LogP contribution >= 0.6 is 33.9 Å². The zero-order valence-corrected chi connectivity index (χ0v) is 10.8. The molecule has 0 bridgehead atoms. The van der Waals surface area contributed by atoms with E-state index in [1.54, 1.807) is 11.3 Å². The Morgan fingerprint density at radius 3 is 3.07 bits per heavy atom. The van der Waals surface area contributed by atoms with Crippen LogP contribution in [0.15, 0.2) is 29.9 Å². The smallest absolute Gasteiger partial charge is 0.252 e. The zero-order chi connectivity index (χ0) is 10.7. The summed E-state index contributed by atoms with van der Waals surface area (Å²) in [6, 6.07) is 3.83. The van der Waals surface area contributed by atoms with Gasteiger partial charge in [-0.15, -0.1) is 11.3 Å². The second-order valence-corrected chi connectivity index (χ2v) is 5.85. The SMILES string of the molecule is O=C(NCc1cc[nH]c1)c1csc(I)c1. The first-order valence-electron chi connectivity index (χ1n) is 4.39. The Bertz CT molecular complexity index is 450. The number of amides is 1. The highest BCUT2D eigenvalue weighted by Crippen LogP contribution is 2.16. The molecule has 0 aliphatic carbocycles. The Morgan fingerprint density at radius 2 is 2.47 bits per heavy atom. The van der Waals surface area contributed by atoms with Crippen LogP contribution < -0.4 is 5.32 Å². The highest BCUT2D eigenvalue weighted by Gasteiger charge is 2.06. The van der Waals surface area contributed by atoms with E-state index < -0.39 is 0 Å². The summed E-state index contributed by atoms with van der Waals surface area (Å²) >= 11 is 3.78. The number of rotatable bonds is 3. The molecule has 0 saturated heterocycles. The summed E-state index contributed by atoms with van der Waals surface area (Å²) in [6.45, 7) is 0.564. The van der Waals surface area contributed by atoms with Crippen molar-refractivity contribution in [2.24, 2.45) is 0 Å². The fourth-order valence-corrected chi connectivity index (χ4v) is 2.51. The van der Waals surface area contributed by atoms with E-state index in [-0.39, 0.29) is 5.91 Å². The lowest BCUT2D eigenvalue weighted by Gasteiger charge is -2.00. The van der Waals surface area contributed by atoms with Crippen molar-refractivity contribution < 1.29 is 4.79 Å². The minimum Gasteiger partial charge on any atom is -0.367 e. The Labute approximate surface area is 105 Å². The van der Waals surface area contributed by atoms with Crippen molar-refractivity contribution in [3.8, 4) is 0 Å². The summed E-state index contributed by atoms with van der Waals surface area (Å²) in [5.41, 5.74) is 1.81. The molecule has 15 heavy (non-hydrogen) atoms. The van der Waals surface area contributed by atoms with E-state index >= 15 is 0 Å². The zero-order valence-electron chi connectivity index (χ0n) is 7.79. The van der Waals surface area contributed by atoms with Crippen molar-refractivity contribution in [3.63, 3.8) is 0 Å². The van der Waals surface area contributed by atoms with Gasteiger partial charge in [-0.05, 0) is 40.3 Å². The molecule has 2 rings (SSSR count). The van der Waals surface area contributed by atoms with Crippen LogP contribution in [0.3, 0.4) is 0 Å². The molecule has 3 nitrogen and oxygen atoms in total. The highest BCUT2D eigenvalue weighted by molar-refractivity contribution is 14.1. The molecule has 0 atom stereocenters.